The van der Waals surface area contributed by atoms with E-state index in [2.05, 4.69) is 48.1 Å². The summed E-state index contributed by atoms with van der Waals surface area (Å²) in [4.78, 5) is 12.4. The van der Waals surface area contributed by atoms with Gasteiger partial charge in [0.1, 0.15) is 0 Å². The molecule has 6 heteroatoms. The molecule has 27 heavy (non-hydrogen) atoms. The Bertz CT molecular complexity index is 784. The Hall–Kier alpha value is -2.08. The molecule has 0 radical (unpaired) electrons. The van der Waals surface area contributed by atoms with Crippen molar-refractivity contribution in [2.45, 2.75) is 57.3 Å². The summed E-state index contributed by atoms with van der Waals surface area (Å²) in [7, 11) is 0. The fraction of sp³-hybridized carbons (Fsp3) is 0.476. The molecular weight excluding hydrogens is 356 g/mol. The molecular formula is C21H28N4OS. The lowest BCUT2D eigenvalue weighted by atomic mass is 9.86. The van der Waals surface area contributed by atoms with Crippen molar-refractivity contribution in [3.8, 4) is 11.4 Å². The number of carbonyl (C=O) groups is 1. The third-order valence-electron chi connectivity index (χ3n) is 5.13. The highest BCUT2D eigenvalue weighted by atomic mass is 32.2. The van der Waals surface area contributed by atoms with Gasteiger partial charge in [-0.25, -0.2) is 0 Å². The van der Waals surface area contributed by atoms with Gasteiger partial charge in [0.05, 0.1) is 5.75 Å². The van der Waals surface area contributed by atoms with Crippen LogP contribution in [0.15, 0.2) is 42.1 Å². The highest BCUT2D eigenvalue weighted by Gasteiger charge is 2.23. The number of nitrogens with zero attached hydrogens (tertiary/aromatic N) is 3. The fourth-order valence-corrected chi connectivity index (χ4v) is 4.27. The first-order valence-electron chi connectivity index (χ1n) is 9.61. The van der Waals surface area contributed by atoms with E-state index in [1.807, 2.05) is 22.8 Å². The molecule has 0 saturated heterocycles. The number of amides is 1. The summed E-state index contributed by atoms with van der Waals surface area (Å²) < 4.78 is 2.01. The van der Waals surface area contributed by atoms with Crippen LogP contribution < -0.4 is 5.32 Å². The predicted octanol–water partition coefficient (Wildman–Crippen LogP) is 4.23. The van der Waals surface area contributed by atoms with Gasteiger partial charge in [-0.05, 0) is 25.7 Å². The maximum atomic E-state index is 12.4. The molecule has 0 aliphatic heterocycles. The van der Waals surface area contributed by atoms with Gasteiger partial charge >= 0.3 is 0 Å². The number of hydrogen-bond donors (Lipinski definition) is 1. The number of aryl methyl sites for hydroxylation is 1. The van der Waals surface area contributed by atoms with Crippen LogP contribution in [0.4, 0.5) is 0 Å². The lowest BCUT2D eigenvalue weighted by Gasteiger charge is -2.29. The first-order valence-corrected chi connectivity index (χ1v) is 10.6. The van der Waals surface area contributed by atoms with Crippen molar-refractivity contribution in [3.63, 3.8) is 0 Å². The molecule has 1 heterocycles. The minimum atomic E-state index is 0.0730. The second-order valence-electron chi connectivity index (χ2n) is 7.30. The van der Waals surface area contributed by atoms with Crippen molar-refractivity contribution < 1.29 is 4.79 Å². The van der Waals surface area contributed by atoms with E-state index >= 15 is 0 Å². The Morgan fingerprint density at radius 1 is 1.30 bits per heavy atom. The molecule has 2 aromatic rings. The Balaban J connectivity index is 1.66. The lowest BCUT2D eigenvalue weighted by Crippen LogP contribution is -2.41. The zero-order valence-electron chi connectivity index (χ0n) is 16.1. The van der Waals surface area contributed by atoms with Gasteiger partial charge in [-0.3, -0.25) is 9.36 Å². The van der Waals surface area contributed by atoms with Crippen LogP contribution in [0.2, 0.25) is 0 Å². The van der Waals surface area contributed by atoms with Gasteiger partial charge < -0.3 is 5.32 Å². The van der Waals surface area contributed by atoms with E-state index in [4.69, 9.17) is 0 Å². The fourth-order valence-electron chi connectivity index (χ4n) is 3.51. The van der Waals surface area contributed by atoms with E-state index in [1.165, 1.54) is 36.6 Å². The Kier molecular flexibility index (Phi) is 6.72. The summed E-state index contributed by atoms with van der Waals surface area (Å²) in [5.41, 5.74) is 2.22. The molecule has 3 rings (SSSR count). The highest BCUT2D eigenvalue weighted by molar-refractivity contribution is 7.99. The van der Waals surface area contributed by atoms with E-state index in [-0.39, 0.29) is 5.91 Å². The molecule has 5 nitrogen and oxygen atoms in total. The van der Waals surface area contributed by atoms with Crippen molar-refractivity contribution in [3.05, 3.63) is 42.5 Å². The average molecular weight is 385 g/mol. The molecule has 1 aliphatic carbocycles. The van der Waals surface area contributed by atoms with Gasteiger partial charge in [-0.2, -0.15) is 0 Å². The second-order valence-corrected chi connectivity index (χ2v) is 8.24. The molecule has 0 unspecified atom stereocenters. The lowest BCUT2D eigenvalue weighted by molar-refractivity contribution is -0.119. The smallest absolute Gasteiger partial charge is 0.230 e. The van der Waals surface area contributed by atoms with Crippen molar-refractivity contribution in [1.82, 2.24) is 20.1 Å². The van der Waals surface area contributed by atoms with Crippen molar-refractivity contribution in [1.29, 1.82) is 0 Å². The number of thioether (sulfide) groups is 1. The number of aromatic nitrogens is 3. The molecule has 144 valence electrons. The van der Waals surface area contributed by atoms with Crippen LogP contribution in [-0.2, 0) is 11.3 Å². The van der Waals surface area contributed by atoms with Crippen molar-refractivity contribution >= 4 is 17.7 Å². The van der Waals surface area contributed by atoms with Crippen molar-refractivity contribution in [2.75, 3.05) is 5.75 Å². The molecule has 1 aromatic carbocycles. The maximum Gasteiger partial charge on any atom is 0.230 e. The van der Waals surface area contributed by atoms with Crippen LogP contribution in [0, 0.1) is 12.8 Å². The zero-order chi connectivity index (χ0) is 19.2. The summed E-state index contributed by atoms with van der Waals surface area (Å²) in [6.45, 7) is 8.74. The number of nitrogens with one attached hydrogen (secondary N) is 1. The number of rotatable bonds is 7. The number of carbonyl (C=O) groups excluding carboxylic acids is 1. The molecule has 1 amide bonds. The molecule has 1 aromatic heterocycles. The highest BCUT2D eigenvalue weighted by Crippen LogP contribution is 2.26. The molecule has 1 N–H and O–H groups in total. The third kappa shape index (κ3) is 5.01. The third-order valence-corrected chi connectivity index (χ3v) is 6.10. The van der Waals surface area contributed by atoms with Gasteiger partial charge in [0, 0.05) is 18.2 Å². The van der Waals surface area contributed by atoms with E-state index in [0.717, 1.165) is 23.0 Å². The SMILES string of the molecule is C=CCn1c(SCC(=O)N[C@@H]2CCCC[C@H]2C)nnc1-c1ccc(C)cc1. The molecule has 1 saturated carbocycles. The van der Waals surface area contributed by atoms with Gasteiger partial charge in [0.2, 0.25) is 5.91 Å². The summed E-state index contributed by atoms with van der Waals surface area (Å²) in [5, 5.41) is 12.6. The molecule has 0 spiro atoms. The standard InChI is InChI=1S/C21H28N4OS/c1-4-13-25-20(17-11-9-15(2)10-12-17)23-24-21(25)27-14-19(26)22-18-8-6-5-7-16(18)3/h4,9-12,16,18H,1,5-8,13-14H2,2-3H3,(H,22,26)/t16-,18-/m1/s1. The normalized spacial score (nSPS) is 19.6. The van der Waals surface area contributed by atoms with Crippen LogP contribution in [0.5, 0.6) is 0 Å². The zero-order valence-corrected chi connectivity index (χ0v) is 17.0. The monoisotopic (exact) mass is 384 g/mol. The summed E-state index contributed by atoms with van der Waals surface area (Å²) in [5.74, 6) is 1.79. The van der Waals surface area contributed by atoms with Crippen LogP contribution >= 0.6 is 11.8 Å². The maximum absolute atomic E-state index is 12.4. The predicted molar refractivity (Wildman–Crippen MR) is 111 cm³/mol. The first kappa shape index (κ1) is 19.7. The minimum Gasteiger partial charge on any atom is -0.352 e. The van der Waals surface area contributed by atoms with E-state index < -0.39 is 0 Å². The Morgan fingerprint density at radius 3 is 2.74 bits per heavy atom. The molecule has 1 fully saturated rings. The van der Waals surface area contributed by atoms with E-state index in [0.29, 0.717) is 24.3 Å². The topological polar surface area (TPSA) is 59.8 Å². The van der Waals surface area contributed by atoms with Crippen LogP contribution in [0.25, 0.3) is 11.4 Å². The van der Waals surface area contributed by atoms with E-state index in [1.54, 1.807) is 0 Å². The number of allylic oxidation sites excluding steroid dienone is 1. The molecule has 0 bridgehead atoms. The van der Waals surface area contributed by atoms with Gasteiger partial charge in [-0.15, -0.1) is 16.8 Å². The van der Waals surface area contributed by atoms with Gasteiger partial charge in [0.15, 0.2) is 11.0 Å². The van der Waals surface area contributed by atoms with Gasteiger partial charge in [0.25, 0.3) is 0 Å². The Labute approximate surface area is 165 Å². The summed E-state index contributed by atoms with van der Waals surface area (Å²) >= 11 is 1.43. The minimum absolute atomic E-state index is 0.0730. The average Bonchev–Trinajstić information content (AvgIpc) is 3.06. The molecule has 2 atom stereocenters. The second kappa shape index (κ2) is 9.22. The number of hydrogen-bond acceptors (Lipinski definition) is 4. The first-order chi connectivity index (χ1) is 13.1. The van der Waals surface area contributed by atoms with Crippen molar-refractivity contribution in [2.24, 2.45) is 5.92 Å². The van der Waals surface area contributed by atoms with Crippen LogP contribution in [0.1, 0.15) is 38.2 Å². The Morgan fingerprint density at radius 2 is 2.04 bits per heavy atom. The van der Waals surface area contributed by atoms with Gasteiger partial charge in [-0.1, -0.05) is 67.4 Å². The van der Waals surface area contributed by atoms with Crippen LogP contribution in [-0.4, -0.2) is 32.5 Å². The summed E-state index contributed by atoms with van der Waals surface area (Å²) in [6, 6.07) is 8.53. The van der Waals surface area contributed by atoms with Crippen LogP contribution in [0.3, 0.4) is 0 Å². The quantitative estimate of drug-likeness (QED) is 0.573. The number of benzene rings is 1. The largest absolute Gasteiger partial charge is 0.352 e. The summed E-state index contributed by atoms with van der Waals surface area (Å²) in [6.07, 6.45) is 6.59. The van der Waals surface area contributed by atoms with E-state index in [9.17, 15) is 4.79 Å². The molecule has 1 aliphatic rings.